The van der Waals surface area contributed by atoms with E-state index in [9.17, 15) is 4.79 Å². The molecule has 2 heterocycles. The van der Waals surface area contributed by atoms with Crippen molar-refractivity contribution in [1.29, 1.82) is 0 Å². The maximum absolute atomic E-state index is 11.1. The largest absolute Gasteiger partial charge is 0.364 e. The van der Waals surface area contributed by atoms with Gasteiger partial charge >= 0.3 is 0 Å². The van der Waals surface area contributed by atoms with Crippen molar-refractivity contribution in [2.75, 3.05) is 13.1 Å². The Morgan fingerprint density at radius 1 is 1.71 bits per heavy atom. The highest BCUT2D eigenvalue weighted by molar-refractivity contribution is 5.90. The standard InChI is InChI=1S/C9H14N4O/c1-6-2-11-3-7(6)13-5-12-4-8(13)9(10)14/h4-7,11H,2-3H2,1H3,(H2,10,14)/t6-,7+/m1/s1. The molecule has 1 aliphatic heterocycles. The SMILES string of the molecule is C[C@@H]1CNC[C@@H]1n1cncc1C(N)=O. The number of rotatable bonds is 2. The second-order valence-corrected chi connectivity index (χ2v) is 3.75. The zero-order chi connectivity index (χ0) is 10.1. The first-order valence-corrected chi connectivity index (χ1v) is 4.72. The van der Waals surface area contributed by atoms with Gasteiger partial charge < -0.3 is 15.6 Å². The van der Waals surface area contributed by atoms with Crippen molar-refractivity contribution in [2.24, 2.45) is 11.7 Å². The van der Waals surface area contributed by atoms with Gasteiger partial charge in [-0.25, -0.2) is 4.98 Å². The Labute approximate surface area is 82.3 Å². The molecule has 1 saturated heterocycles. The van der Waals surface area contributed by atoms with Crippen LogP contribution in [0.1, 0.15) is 23.5 Å². The fourth-order valence-electron chi connectivity index (χ4n) is 1.93. The summed E-state index contributed by atoms with van der Waals surface area (Å²) in [7, 11) is 0. The Morgan fingerprint density at radius 3 is 3.07 bits per heavy atom. The fraction of sp³-hybridized carbons (Fsp3) is 0.556. The van der Waals surface area contributed by atoms with Gasteiger partial charge in [-0.05, 0) is 12.5 Å². The number of nitrogens with zero attached hydrogens (tertiary/aromatic N) is 2. The first kappa shape index (κ1) is 9.21. The Bertz CT molecular complexity index is 346. The van der Waals surface area contributed by atoms with Crippen LogP contribution in [0.2, 0.25) is 0 Å². The topological polar surface area (TPSA) is 72.9 Å². The number of aromatic nitrogens is 2. The zero-order valence-corrected chi connectivity index (χ0v) is 8.10. The highest BCUT2D eigenvalue weighted by Crippen LogP contribution is 2.22. The maximum atomic E-state index is 11.1. The fourth-order valence-corrected chi connectivity index (χ4v) is 1.93. The molecule has 14 heavy (non-hydrogen) atoms. The molecule has 76 valence electrons. The van der Waals surface area contributed by atoms with Crippen LogP contribution in [0.5, 0.6) is 0 Å². The minimum Gasteiger partial charge on any atom is -0.364 e. The third kappa shape index (κ3) is 1.39. The lowest BCUT2D eigenvalue weighted by molar-refractivity contribution is 0.0988. The molecule has 0 bridgehead atoms. The summed E-state index contributed by atoms with van der Waals surface area (Å²) in [5.74, 6) is 0.0869. The predicted octanol–water partition coefficient (Wildman–Crippen LogP) is -0.238. The minimum atomic E-state index is -0.415. The number of primary amides is 1. The van der Waals surface area contributed by atoms with E-state index in [1.807, 2.05) is 4.57 Å². The van der Waals surface area contributed by atoms with Gasteiger partial charge in [0.05, 0.1) is 18.6 Å². The zero-order valence-electron chi connectivity index (χ0n) is 8.10. The molecule has 5 heteroatoms. The lowest BCUT2D eigenvalue weighted by Crippen LogP contribution is -2.23. The Balaban J connectivity index is 2.31. The van der Waals surface area contributed by atoms with E-state index in [4.69, 9.17) is 5.73 Å². The van der Waals surface area contributed by atoms with E-state index in [0.717, 1.165) is 13.1 Å². The lowest BCUT2D eigenvalue weighted by atomic mass is 10.1. The monoisotopic (exact) mass is 194 g/mol. The van der Waals surface area contributed by atoms with E-state index in [0.29, 0.717) is 17.7 Å². The van der Waals surface area contributed by atoms with Gasteiger partial charge in [0, 0.05) is 6.54 Å². The van der Waals surface area contributed by atoms with E-state index < -0.39 is 5.91 Å². The van der Waals surface area contributed by atoms with Gasteiger partial charge in [0.2, 0.25) is 0 Å². The Morgan fingerprint density at radius 2 is 2.50 bits per heavy atom. The Hall–Kier alpha value is -1.36. The normalized spacial score (nSPS) is 26.6. The number of hydrogen-bond acceptors (Lipinski definition) is 3. The summed E-state index contributed by atoms with van der Waals surface area (Å²) in [6, 6.07) is 0.292. The van der Waals surface area contributed by atoms with Gasteiger partial charge in [0.1, 0.15) is 5.69 Å². The van der Waals surface area contributed by atoms with Crippen LogP contribution in [0.25, 0.3) is 0 Å². The number of nitrogens with two attached hydrogens (primary N) is 1. The quantitative estimate of drug-likeness (QED) is 0.682. The summed E-state index contributed by atoms with van der Waals surface area (Å²) in [5.41, 5.74) is 5.74. The van der Waals surface area contributed by atoms with Crippen molar-refractivity contribution >= 4 is 5.91 Å². The summed E-state index contributed by atoms with van der Waals surface area (Å²) in [4.78, 5) is 15.0. The molecule has 0 unspecified atom stereocenters. The van der Waals surface area contributed by atoms with Gasteiger partial charge in [-0.3, -0.25) is 4.79 Å². The molecule has 1 aliphatic rings. The molecule has 1 aromatic rings. The molecule has 1 amide bonds. The van der Waals surface area contributed by atoms with Crippen LogP contribution in [0.4, 0.5) is 0 Å². The molecule has 2 atom stereocenters. The van der Waals surface area contributed by atoms with Gasteiger partial charge in [0.25, 0.3) is 5.91 Å². The van der Waals surface area contributed by atoms with Crippen molar-refractivity contribution in [3.8, 4) is 0 Å². The number of nitrogens with one attached hydrogen (secondary N) is 1. The van der Waals surface area contributed by atoms with Crippen LogP contribution >= 0.6 is 0 Å². The third-order valence-electron chi connectivity index (χ3n) is 2.75. The molecule has 0 saturated carbocycles. The number of imidazole rings is 1. The lowest BCUT2D eigenvalue weighted by Gasteiger charge is -2.17. The summed E-state index contributed by atoms with van der Waals surface area (Å²) in [6.45, 7) is 3.99. The van der Waals surface area contributed by atoms with E-state index in [1.54, 1.807) is 6.33 Å². The first-order chi connectivity index (χ1) is 6.70. The first-order valence-electron chi connectivity index (χ1n) is 4.72. The number of amides is 1. The van der Waals surface area contributed by atoms with Crippen LogP contribution in [0.3, 0.4) is 0 Å². The molecule has 0 spiro atoms. The van der Waals surface area contributed by atoms with Crippen LogP contribution in [-0.2, 0) is 0 Å². The smallest absolute Gasteiger partial charge is 0.266 e. The molecule has 5 nitrogen and oxygen atoms in total. The van der Waals surface area contributed by atoms with Crippen LogP contribution in [0.15, 0.2) is 12.5 Å². The molecular formula is C9H14N4O. The Kier molecular flexibility index (Phi) is 2.25. The van der Waals surface area contributed by atoms with Crippen molar-refractivity contribution in [3.63, 3.8) is 0 Å². The van der Waals surface area contributed by atoms with Crippen molar-refractivity contribution < 1.29 is 4.79 Å². The van der Waals surface area contributed by atoms with Crippen molar-refractivity contribution in [2.45, 2.75) is 13.0 Å². The summed E-state index contributed by atoms with van der Waals surface area (Å²) in [5, 5.41) is 3.28. The molecule has 0 aliphatic carbocycles. The van der Waals surface area contributed by atoms with Gasteiger partial charge in [-0.15, -0.1) is 0 Å². The van der Waals surface area contributed by atoms with E-state index in [2.05, 4.69) is 17.2 Å². The molecular weight excluding hydrogens is 180 g/mol. The third-order valence-corrected chi connectivity index (χ3v) is 2.75. The van der Waals surface area contributed by atoms with Crippen molar-refractivity contribution in [3.05, 3.63) is 18.2 Å². The van der Waals surface area contributed by atoms with E-state index in [-0.39, 0.29) is 0 Å². The number of carbonyl (C=O) groups is 1. The summed E-state index contributed by atoms with van der Waals surface area (Å²) < 4.78 is 1.87. The van der Waals surface area contributed by atoms with E-state index in [1.165, 1.54) is 6.20 Å². The minimum absolute atomic E-state index is 0.292. The number of carbonyl (C=O) groups excluding carboxylic acids is 1. The second kappa shape index (κ2) is 3.42. The van der Waals surface area contributed by atoms with Crippen LogP contribution in [-0.4, -0.2) is 28.5 Å². The maximum Gasteiger partial charge on any atom is 0.266 e. The molecule has 1 fully saturated rings. The van der Waals surface area contributed by atoms with Gasteiger partial charge in [-0.2, -0.15) is 0 Å². The molecule has 2 rings (SSSR count). The van der Waals surface area contributed by atoms with Crippen LogP contribution < -0.4 is 11.1 Å². The molecule has 3 N–H and O–H groups in total. The molecule has 1 aromatic heterocycles. The van der Waals surface area contributed by atoms with Crippen molar-refractivity contribution in [1.82, 2.24) is 14.9 Å². The van der Waals surface area contributed by atoms with E-state index >= 15 is 0 Å². The predicted molar refractivity (Wildman–Crippen MR) is 51.8 cm³/mol. The summed E-state index contributed by atoms with van der Waals surface area (Å²) >= 11 is 0. The van der Waals surface area contributed by atoms with Gasteiger partial charge in [0.15, 0.2) is 0 Å². The summed E-state index contributed by atoms with van der Waals surface area (Å²) in [6.07, 6.45) is 3.20. The molecule has 0 aromatic carbocycles. The average molecular weight is 194 g/mol. The van der Waals surface area contributed by atoms with Crippen LogP contribution in [0, 0.1) is 5.92 Å². The highest BCUT2D eigenvalue weighted by Gasteiger charge is 2.26. The molecule has 0 radical (unpaired) electrons. The second-order valence-electron chi connectivity index (χ2n) is 3.75. The van der Waals surface area contributed by atoms with Gasteiger partial charge in [-0.1, -0.05) is 6.92 Å². The highest BCUT2D eigenvalue weighted by atomic mass is 16.1. The number of hydrogen-bond donors (Lipinski definition) is 2. The average Bonchev–Trinajstić information content (AvgIpc) is 2.70.